The lowest BCUT2D eigenvalue weighted by molar-refractivity contribution is -0.141. The van der Waals surface area contributed by atoms with Gasteiger partial charge in [-0.2, -0.15) is 0 Å². The van der Waals surface area contributed by atoms with Crippen molar-refractivity contribution in [2.45, 2.75) is 70.4 Å². The molecule has 0 saturated heterocycles. The predicted octanol–water partition coefficient (Wildman–Crippen LogP) is 3.12. The number of aliphatic carboxylic acids is 1. The van der Waals surface area contributed by atoms with Gasteiger partial charge in [0.05, 0.1) is 4.90 Å². The Bertz CT molecular complexity index is 1480. The van der Waals surface area contributed by atoms with Gasteiger partial charge in [-0.1, -0.05) is 18.2 Å². The van der Waals surface area contributed by atoms with Crippen LogP contribution in [0.4, 0.5) is 4.39 Å². The van der Waals surface area contributed by atoms with Crippen molar-refractivity contribution in [3.63, 3.8) is 0 Å². The number of ether oxygens (including phenoxy) is 1. The number of fused-ring (bicyclic) bond motifs is 1. The van der Waals surface area contributed by atoms with Crippen molar-refractivity contribution in [1.29, 1.82) is 0 Å². The number of benzene rings is 2. The molecule has 0 bridgehead atoms. The number of nitrogens with one attached hydrogen (secondary N) is 2. The van der Waals surface area contributed by atoms with Crippen molar-refractivity contribution in [3.8, 4) is 5.75 Å². The number of hydrogen-bond acceptors (Lipinski definition) is 6. The minimum Gasteiger partial charge on any atom is -0.487 e. The third-order valence-corrected chi connectivity index (χ3v) is 8.29. The SMILES string of the molecule is Cc1c(C)c(S(=O)(=O)NC(N)=NCCC[C@H](NC(=O)C=Cc2ccccc2F)C(=O)O)c(C)c2c1OC(C)(C)C2. The molecule has 0 aliphatic carbocycles. The molecular weight excluding hydrogens is 539 g/mol. The zero-order valence-corrected chi connectivity index (χ0v) is 24.0. The molecule has 10 nitrogen and oxygen atoms in total. The smallest absolute Gasteiger partial charge is 0.326 e. The van der Waals surface area contributed by atoms with Gasteiger partial charge < -0.3 is 20.9 Å². The van der Waals surface area contributed by atoms with E-state index in [9.17, 15) is 27.5 Å². The summed E-state index contributed by atoms with van der Waals surface area (Å²) in [6, 6.07) is 4.62. The molecule has 0 radical (unpaired) electrons. The molecular formula is C28H35FN4O6S. The number of sulfonamides is 1. The third-order valence-electron chi connectivity index (χ3n) is 6.67. The Hall–Kier alpha value is -3.93. The molecule has 1 atom stereocenters. The second-order valence-corrected chi connectivity index (χ2v) is 11.9. The van der Waals surface area contributed by atoms with Gasteiger partial charge in [-0.15, -0.1) is 0 Å². The van der Waals surface area contributed by atoms with Crippen molar-refractivity contribution in [1.82, 2.24) is 10.0 Å². The number of amides is 1. The van der Waals surface area contributed by atoms with E-state index in [2.05, 4.69) is 15.0 Å². The van der Waals surface area contributed by atoms with Gasteiger partial charge in [-0.3, -0.25) is 9.79 Å². The first-order chi connectivity index (χ1) is 18.6. The summed E-state index contributed by atoms with van der Waals surface area (Å²) in [5.41, 5.74) is 8.34. The average molecular weight is 575 g/mol. The van der Waals surface area contributed by atoms with Crippen LogP contribution in [0.5, 0.6) is 5.75 Å². The molecule has 1 amide bonds. The lowest BCUT2D eigenvalue weighted by atomic mass is 9.94. The van der Waals surface area contributed by atoms with E-state index in [1.807, 2.05) is 20.8 Å². The van der Waals surface area contributed by atoms with E-state index < -0.39 is 39.4 Å². The highest BCUT2D eigenvalue weighted by Crippen LogP contribution is 2.43. The van der Waals surface area contributed by atoms with E-state index in [0.717, 1.165) is 17.2 Å². The fourth-order valence-corrected chi connectivity index (χ4v) is 6.14. The fourth-order valence-electron chi connectivity index (χ4n) is 4.62. The number of nitrogens with two attached hydrogens (primary N) is 1. The van der Waals surface area contributed by atoms with Crippen LogP contribution in [0.1, 0.15) is 54.5 Å². The van der Waals surface area contributed by atoms with Crippen LogP contribution in [0.15, 0.2) is 40.2 Å². The molecule has 1 heterocycles. The molecule has 2 aromatic carbocycles. The first-order valence-electron chi connectivity index (χ1n) is 12.7. The zero-order chi connectivity index (χ0) is 29.8. The van der Waals surface area contributed by atoms with Crippen LogP contribution in [-0.2, 0) is 26.0 Å². The molecule has 2 aromatic rings. The van der Waals surface area contributed by atoms with E-state index in [4.69, 9.17) is 10.5 Å². The topological polar surface area (TPSA) is 160 Å². The molecule has 216 valence electrons. The number of carbonyl (C=O) groups excluding carboxylic acids is 1. The quantitative estimate of drug-likeness (QED) is 0.147. The molecule has 40 heavy (non-hydrogen) atoms. The molecule has 1 aliphatic rings. The molecule has 0 aromatic heterocycles. The van der Waals surface area contributed by atoms with Crippen LogP contribution in [0.3, 0.4) is 0 Å². The number of nitrogens with zero attached hydrogens (tertiary/aromatic N) is 1. The summed E-state index contributed by atoms with van der Waals surface area (Å²) in [6.45, 7) is 9.18. The van der Waals surface area contributed by atoms with Crippen LogP contribution in [-0.4, -0.2) is 49.5 Å². The number of halogens is 1. The number of carboxylic acids is 1. The standard InChI is InChI=1S/C28H35FN4O6S/c1-16-17(2)25(18(3)20-15-28(4,5)39-24(16)20)40(37,38)33-27(30)31-14-8-11-22(26(35)36)32-23(34)13-12-19-9-6-7-10-21(19)29/h6-7,9-10,12-13,22H,8,11,14-15H2,1-5H3,(H,32,34)(H,35,36)(H3,30,31,33)/t22-/m0/s1. The van der Waals surface area contributed by atoms with Crippen molar-refractivity contribution in [3.05, 3.63) is 64.0 Å². The summed E-state index contributed by atoms with van der Waals surface area (Å²) >= 11 is 0. The minimum absolute atomic E-state index is 0.0101. The summed E-state index contributed by atoms with van der Waals surface area (Å²) in [6.07, 6.45) is 3.08. The highest BCUT2D eigenvalue weighted by molar-refractivity contribution is 7.90. The molecule has 3 rings (SSSR count). The number of carbonyl (C=O) groups is 2. The largest absolute Gasteiger partial charge is 0.487 e. The maximum Gasteiger partial charge on any atom is 0.326 e. The summed E-state index contributed by atoms with van der Waals surface area (Å²) in [4.78, 5) is 27.9. The molecule has 0 fully saturated rings. The Labute approximate surface area is 233 Å². The zero-order valence-electron chi connectivity index (χ0n) is 23.2. The van der Waals surface area contributed by atoms with Crippen LogP contribution >= 0.6 is 0 Å². The maximum atomic E-state index is 13.7. The highest BCUT2D eigenvalue weighted by Gasteiger charge is 2.36. The lowest BCUT2D eigenvalue weighted by Gasteiger charge is -2.19. The van der Waals surface area contributed by atoms with Crippen LogP contribution in [0.2, 0.25) is 0 Å². The van der Waals surface area contributed by atoms with Gasteiger partial charge in [0.1, 0.15) is 23.2 Å². The number of rotatable bonds is 10. The van der Waals surface area contributed by atoms with Crippen LogP contribution in [0.25, 0.3) is 6.08 Å². The van der Waals surface area contributed by atoms with Gasteiger partial charge in [0, 0.05) is 30.2 Å². The van der Waals surface area contributed by atoms with Gasteiger partial charge in [-0.25, -0.2) is 22.3 Å². The molecule has 0 spiro atoms. The van der Waals surface area contributed by atoms with Crippen molar-refractivity contribution < 1.29 is 32.2 Å². The molecule has 5 N–H and O–H groups in total. The molecule has 1 aliphatic heterocycles. The Balaban J connectivity index is 1.61. The molecule has 12 heteroatoms. The monoisotopic (exact) mass is 574 g/mol. The van der Waals surface area contributed by atoms with Gasteiger partial charge in [0.25, 0.3) is 10.0 Å². The highest BCUT2D eigenvalue weighted by atomic mass is 32.2. The van der Waals surface area contributed by atoms with E-state index >= 15 is 0 Å². The van der Waals surface area contributed by atoms with E-state index in [0.29, 0.717) is 23.3 Å². The Kier molecular flexibility index (Phi) is 9.24. The normalized spacial score (nSPS) is 15.4. The van der Waals surface area contributed by atoms with Gasteiger partial charge in [-0.05, 0) is 76.3 Å². The first-order valence-corrected chi connectivity index (χ1v) is 14.2. The van der Waals surface area contributed by atoms with Crippen molar-refractivity contribution in [2.75, 3.05) is 6.54 Å². The van der Waals surface area contributed by atoms with Gasteiger partial charge >= 0.3 is 5.97 Å². The van der Waals surface area contributed by atoms with Crippen LogP contribution in [0, 0.1) is 26.6 Å². The number of guanidine groups is 1. The summed E-state index contributed by atoms with van der Waals surface area (Å²) < 4.78 is 48.6. The average Bonchev–Trinajstić information content (AvgIpc) is 3.19. The number of carboxylic acid groups (broad SMARTS) is 1. The van der Waals surface area contributed by atoms with Gasteiger partial charge in [0.2, 0.25) is 11.9 Å². The van der Waals surface area contributed by atoms with Crippen LogP contribution < -0.4 is 20.5 Å². The summed E-state index contributed by atoms with van der Waals surface area (Å²) in [5.74, 6) is -2.09. The van der Waals surface area contributed by atoms with E-state index in [1.165, 1.54) is 24.3 Å². The lowest BCUT2D eigenvalue weighted by Crippen LogP contribution is -2.40. The van der Waals surface area contributed by atoms with Crippen molar-refractivity contribution >= 4 is 33.9 Å². The second kappa shape index (κ2) is 12.1. The minimum atomic E-state index is -4.06. The Morgan fingerprint density at radius 3 is 2.52 bits per heavy atom. The predicted molar refractivity (Wildman–Crippen MR) is 150 cm³/mol. The Morgan fingerprint density at radius 2 is 1.88 bits per heavy atom. The molecule has 0 unspecified atom stereocenters. The van der Waals surface area contributed by atoms with Gasteiger partial charge in [0.15, 0.2) is 0 Å². The second-order valence-electron chi connectivity index (χ2n) is 10.3. The third kappa shape index (κ3) is 7.17. The summed E-state index contributed by atoms with van der Waals surface area (Å²) in [7, 11) is -4.06. The van der Waals surface area contributed by atoms with E-state index in [1.54, 1.807) is 19.9 Å². The number of aliphatic imine (C=N–C) groups is 1. The maximum absolute atomic E-state index is 13.7. The van der Waals surface area contributed by atoms with E-state index in [-0.39, 0.29) is 35.8 Å². The summed E-state index contributed by atoms with van der Waals surface area (Å²) in [5, 5.41) is 11.8. The first kappa shape index (κ1) is 30.6. The van der Waals surface area contributed by atoms with Crippen molar-refractivity contribution in [2.24, 2.45) is 10.7 Å². The fraction of sp³-hybridized carbons (Fsp3) is 0.393. The number of hydrogen-bond donors (Lipinski definition) is 4. The molecule has 0 saturated carbocycles. The Morgan fingerprint density at radius 1 is 1.20 bits per heavy atom.